The summed E-state index contributed by atoms with van der Waals surface area (Å²) in [7, 11) is -0.792. The average Bonchev–Trinajstić information content (AvgIpc) is 3.25. The summed E-state index contributed by atoms with van der Waals surface area (Å²) in [6, 6.07) is 12.0. The molecule has 0 bridgehead atoms. The van der Waals surface area contributed by atoms with Crippen LogP contribution in [0.3, 0.4) is 0 Å². The molecule has 3 rings (SSSR count). The topological polar surface area (TPSA) is 90.7 Å². The molecular weight excluding hydrogens is 473 g/mol. The first-order valence-corrected chi connectivity index (χ1v) is 12.8. The summed E-state index contributed by atoms with van der Waals surface area (Å²) >= 11 is 0. The zero-order valence-corrected chi connectivity index (χ0v) is 21.1. The number of methoxy groups -OCH3 is 2. The molecular formula is C25H30FN3O5S. The highest BCUT2D eigenvalue weighted by molar-refractivity contribution is 7.90. The highest BCUT2D eigenvalue weighted by Gasteiger charge is 2.27. The smallest absolute Gasteiger partial charge is 0.254 e. The van der Waals surface area contributed by atoms with Gasteiger partial charge in [-0.25, -0.2) is 17.8 Å². The van der Waals surface area contributed by atoms with E-state index in [4.69, 9.17) is 9.47 Å². The zero-order chi connectivity index (χ0) is 25.6. The third-order valence-electron chi connectivity index (χ3n) is 5.50. The first-order valence-electron chi connectivity index (χ1n) is 11.1. The van der Waals surface area contributed by atoms with E-state index >= 15 is 0 Å². The number of rotatable bonds is 11. The molecule has 0 unspecified atom stereocenters. The van der Waals surface area contributed by atoms with Gasteiger partial charge in [-0.1, -0.05) is 18.2 Å². The van der Waals surface area contributed by atoms with Gasteiger partial charge in [0.15, 0.2) is 0 Å². The van der Waals surface area contributed by atoms with E-state index in [1.807, 2.05) is 13.8 Å². The van der Waals surface area contributed by atoms with Crippen molar-refractivity contribution in [2.24, 2.45) is 0 Å². The number of aromatic nitrogens is 2. The summed E-state index contributed by atoms with van der Waals surface area (Å²) in [4.78, 5) is 19.2. The van der Waals surface area contributed by atoms with E-state index in [9.17, 15) is 17.6 Å². The Morgan fingerprint density at radius 3 is 2.49 bits per heavy atom. The van der Waals surface area contributed by atoms with Crippen molar-refractivity contribution >= 4 is 15.7 Å². The lowest BCUT2D eigenvalue weighted by atomic mass is 10.1. The van der Waals surface area contributed by atoms with Crippen LogP contribution in [0, 0.1) is 5.82 Å². The van der Waals surface area contributed by atoms with E-state index in [0.29, 0.717) is 22.6 Å². The van der Waals surface area contributed by atoms with Gasteiger partial charge in [0.1, 0.15) is 11.6 Å². The third kappa shape index (κ3) is 6.46. The molecule has 1 amide bonds. The second-order valence-corrected chi connectivity index (χ2v) is 10.2. The lowest BCUT2D eigenvalue weighted by Gasteiger charge is -2.27. The molecule has 0 spiro atoms. The van der Waals surface area contributed by atoms with Crippen LogP contribution in [0.25, 0.3) is 0 Å². The monoisotopic (exact) mass is 503 g/mol. The minimum absolute atomic E-state index is 0.119. The molecule has 0 N–H and O–H groups in total. The number of ether oxygens (including phenoxy) is 2. The van der Waals surface area contributed by atoms with Crippen LogP contribution in [0.1, 0.15) is 35.5 Å². The van der Waals surface area contributed by atoms with Crippen LogP contribution in [0.2, 0.25) is 0 Å². The minimum atomic E-state index is -3.85. The molecule has 0 saturated carbocycles. The molecule has 10 heteroatoms. The first-order chi connectivity index (χ1) is 16.7. The Hall–Kier alpha value is -3.24. The fourth-order valence-corrected chi connectivity index (χ4v) is 5.16. The van der Waals surface area contributed by atoms with Crippen molar-refractivity contribution < 1.29 is 27.1 Å². The van der Waals surface area contributed by atoms with Gasteiger partial charge in [-0.05, 0) is 49.7 Å². The van der Waals surface area contributed by atoms with Crippen molar-refractivity contribution in [3.63, 3.8) is 0 Å². The lowest BCUT2D eigenvalue weighted by Crippen LogP contribution is -2.37. The van der Waals surface area contributed by atoms with E-state index < -0.39 is 15.7 Å². The van der Waals surface area contributed by atoms with Crippen LogP contribution in [-0.4, -0.2) is 55.6 Å². The van der Waals surface area contributed by atoms with Gasteiger partial charge in [0.25, 0.3) is 5.91 Å². The van der Waals surface area contributed by atoms with E-state index in [2.05, 4.69) is 4.98 Å². The maximum Gasteiger partial charge on any atom is 0.254 e. The number of hydrogen-bond acceptors (Lipinski definition) is 6. The highest BCUT2D eigenvalue weighted by atomic mass is 32.2. The van der Waals surface area contributed by atoms with Gasteiger partial charge in [0.2, 0.25) is 15.0 Å². The maximum absolute atomic E-state index is 13.3. The van der Waals surface area contributed by atoms with E-state index in [0.717, 1.165) is 0 Å². The molecule has 0 aliphatic heterocycles. The molecule has 0 fully saturated rings. The summed E-state index contributed by atoms with van der Waals surface area (Å²) in [5.41, 5.74) is 1.47. The molecule has 8 nitrogen and oxygen atoms in total. The van der Waals surface area contributed by atoms with Crippen molar-refractivity contribution in [2.45, 2.75) is 43.9 Å². The summed E-state index contributed by atoms with van der Waals surface area (Å²) in [6.07, 6.45) is 1.47. The van der Waals surface area contributed by atoms with E-state index in [1.165, 1.54) is 44.7 Å². The number of sulfone groups is 1. The van der Waals surface area contributed by atoms with Crippen molar-refractivity contribution in [2.75, 3.05) is 20.8 Å². The summed E-state index contributed by atoms with van der Waals surface area (Å²) < 4.78 is 51.7. The molecule has 0 aliphatic carbocycles. The van der Waals surface area contributed by atoms with Crippen LogP contribution in [-0.2, 0) is 33.4 Å². The molecule has 0 atom stereocenters. The highest BCUT2D eigenvalue weighted by Crippen LogP contribution is 2.22. The lowest BCUT2D eigenvalue weighted by molar-refractivity contribution is 0.0683. The third-order valence-corrected chi connectivity index (χ3v) is 7.10. The Morgan fingerprint density at radius 2 is 1.86 bits per heavy atom. The SMILES string of the molecule is COCCn1c(CN(C(=O)c2cccc(OC)c2)C(C)C)cnc1S(=O)(=O)Cc1ccc(F)cc1. The Morgan fingerprint density at radius 1 is 1.14 bits per heavy atom. The average molecular weight is 504 g/mol. The van der Waals surface area contributed by atoms with Crippen molar-refractivity contribution in [3.8, 4) is 5.75 Å². The predicted molar refractivity (Wildman–Crippen MR) is 129 cm³/mol. The standard InChI is InChI=1S/C25H30FN3O5S/c1-18(2)29(24(30)20-6-5-7-23(14-20)34-4)16-22-15-27-25(28(22)12-13-33-3)35(31,32)17-19-8-10-21(26)11-9-19/h5-11,14-15,18H,12-13,16-17H2,1-4H3. The Kier molecular flexibility index (Phi) is 8.63. The zero-order valence-electron chi connectivity index (χ0n) is 20.3. The number of nitrogens with zero attached hydrogens (tertiary/aromatic N) is 3. The minimum Gasteiger partial charge on any atom is -0.497 e. The van der Waals surface area contributed by atoms with Gasteiger partial charge < -0.3 is 18.9 Å². The Bertz CT molecular complexity index is 1260. The van der Waals surface area contributed by atoms with Crippen LogP contribution in [0.4, 0.5) is 4.39 Å². The van der Waals surface area contributed by atoms with Crippen molar-refractivity contribution in [3.05, 3.63) is 77.4 Å². The molecule has 0 saturated heterocycles. The van der Waals surface area contributed by atoms with E-state index in [1.54, 1.807) is 33.7 Å². The summed E-state index contributed by atoms with van der Waals surface area (Å²) in [6.45, 7) is 4.42. The van der Waals surface area contributed by atoms with Crippen LogP contribution in [0.15, 0.2) is 59.9 Å². The fraction of sp³-hybridized carbons (Fsp3) is 0.360. The first kappa shape index (κ1) is 26.4. The molecule has 0 radical (unpaired) electrons. The molecule has 188 valence electrons. The second-order valence-electron chi connectivity index (χ2n) is 8.32. The molecule has 1 heterocycles. The summed E-state index contributed by atoms with van der Waals surface area (Å²) in [5, 5.41) is -0.119. The van der Waals surface area contributed by atoms with Gasteiger partial charge in [-0.2, -0.15) is 0 Å². The molecule has 3 aromatic rings. The molecule has 2 aromatic carbocycles. The van der Waals surface area contributed by atoms with Crippen LogP contribution < -0.4 is 4.74 Å². The van der Waals surface area contributed by atoms with Crippen LogP contribution in [0.5, 0.6) is 5.75 Å². The summed E-state index contributed by atoms with van der Waals surface area (Å²) in [5.74, 6) is -0.412. The molecule has 0 aliphatic rings. The predicted octanol–water partition coefficient (Wildman–Crippen LogP) is 3.70. The van der Waals surface area contributed by atoms with Gasteiger partial charge in [-0.15, -0.1) is 0 Å². The number of benzene rings is 2. The Balaban J connectivity index is 1.94. The Labute approximate surface area is 205 Å². The number of amides is 1. The van der Waals surface area contributed by atoms with Gasteiger partial charge in [0.05, 0.1) is 37.9 Å². The van der Waals surface area contributed by atoms with Crippen LogP contribution >= 0.6 is 0 Å². The van der Waals surface area contributed by atoms with Gasteiger partial charge in [0, 0.05) is 25.3 Å². The van der Waals surface area contributed by atoms with E-state index in [-0.39, 0.29) is 42.6 Å². The van der Waals surface area contributed by atoms with Crippen molar-refractivity contribution in [1.29, 1.82) is 0 Å². The maximum atomic E-state index is 13.3. The number of halogens is 1. The fourth-order valence-electron chi connectivity index (χ4n) is 3.64. The number of hydrogen-bond donors (Lipinski definition) is 0. The second kappa shape index (κ2) is 11.5. The van der Waals surface area contributed by atoms with Crippen molar-refractivity contribution in [1.82, 2.24) is 14.5 Å². The molecule has 1 aromatic heterocycles. The van der Waals surface area contributed by atoms with Gasteiger partial charge >= 0.3 is 0 Å². The number of imidazole rings is 1. The molecule has 35 heavy (non-hydrogen) atoms. The normalized spacial score (nSPS) is 11.6. The number of carbonyl (C=O) groups excluding carboxylic acids is 1. The number of carbonyl (C=O) groups is 1. The quantitative estimate of drug-likeness (QED) is 0.396. The largest absolute Gasteiger partial charge is 0.497 e. The van der Waals surface area contributed by atoms with Gasteiger partial charge in [-0.3, -0.25) is 4.79 Å².